The first kappa shape index (κ1) is 19.3. The third kappa shape index (κ3) is 5.27. The maximum absolute atomic E-state index is 12.8. The standard InChI is InChI=1S/C19H23N3O4S/c1-27(25,26)21-16-2-3-17(18(23)12-16)19(24)15-6-10-22(11-7-15)13-14-4-8-20-9-5-14/h2-5,8-9,12,15,21,23H,6-7,10-11,13H2,1H3. The molecule has 2 heterocycles. The lowest BCUT2D eigenvalue weighted by Crippen LogP contribution is -2.36. The number of ketones is 1. The van der Waals surface area contributed by atoms with Crippen molar-refractivity contribution in [2.75, 3.05) is 24.1 Å². The molecular weight excluding hydrogens is 366 g/mol. The fourth-order valence-electron chi connectivity index (χ4n) is 3.34. The number of aromatic hydroxyl groups is 1. The molecule has 0 saturated carbocycles. The first-order valence-electron chi connectivity index (χ1n) is 8.78. The van der Waals surface area contributed by atoms with Crippen LogP contribution in [0.4, 0.5) is 5.69 Å². The summed E-state index contributed by atoms with van der Waals surface area (Å²) >= 11 is 0. The number of likely N-dealkylation sites (tertiary alicyclic amines) is 1. The topological polar surface area (TPSA) is 99.6 Å². The van der Waals surface area contributed by atoms with Gasteiger partial charge in [0.15, 0.2) is 5.78 Å². The van der Waals surface area contributed by atoms with Gasteiger partial charge in [0, 0.05) is 30.9 Å². The number of rotatable bonds is 6. The Morgan fingerprint density at radius 1 is 1.22 bits per heavy atom. The molecule has 0 amide bonds. The number of anilines is 1. The van der Waals surface area contributed by atoms with Crippen LogP contribution in [0.15, 0.2) is 42.7 Å². The quantitative estimate of drug-likeness (QED) is 0.735. The number of sulfonamides is 1. The van der Waals surface area contributed by atoms with Crippen molar-refractivity contribution in [3.05, 3.63) is 53.9 Å². The van der Waals surface area contributed by atoms with E-state index in [0.29, 0.717) is 0 Å². The van der Waals surface area contributed by atoms with Crippen LogP contribution < -0.4 is 4.72 Å². The molecule has 0 spiro atoms. The van der Waals surface area contributed by atoms with Crippen molar-refractivity contribution in [1.29, 1.82) is 0 Å². The molecule has 3 rings (SSSR count). The second-order valence-electron chi connectivity index (χ2n) is 6.88. The van der Waals surface area contributed by atoms with E-state index in [2.05, 4.69) is 14.6 Å². The molecule has 1 aromatic heterocycles. The Morgan fingerprint density at radius 2 is 1.89 bits per heavy atom. The normalized spacial score (nSPS) is 16.2. The molecular formula is C19H23N3O4S. The Bertz CT molecular complexity index is 908. The number of Topliss-reactive ketones (excluding diaryl/α,β-unsaturated/α-hetero) is 1. The van der Waals surface area contributed by atoms with Crippen molar-refractivity contribution in [3.8, 4) is 5.75 Å². The highest BCUT2D eigenvalue weighted by atomic mass is 32.2. The summed E-state index contributed by atoms with van der Waals surface area (Å²) in [6.07, 6.45) is 6.04. The zero-order valence-corrected chi connectivity index (χ0v) is 15.9. The van der Waals surface area contributed by atoms with E-state index < -0.39 is 10.0 Å². The van der Waals surface area contributed by atoms with Crippen LogP contribution in [0.3, 0.4) is 0 Å². The predicted molar refractivity (Wildman–Crippen MR) is 103 cm³/mol. The van der Waals surface area contributed by atoms with Crippen molar-refractivity contribution >= 4 is 21.5 Å². The van der Waals surface area contributed by atoms with Crippen molar-refractivity contribution < 1.29 is 18.3 Å². The van der Waals surface area contributed by atoms with Gasteiger partial charge in [0.2, 0.25) is 10.0 Å². The molecule has 7 nitrogen and oxygen atoms in total. The summed E-state index contributed by atoms with van der Waals surface area (Å²) in [5, 5.41) is 10.2. The number of hydrogen-bond acceptors (Lipinski definition) is 6. The number of phenols is 1. The SMILES string of the molecule is CS(=O)(=O)Nc1ccc(C(=O)C2CCN(Cc3ccncc3)CC2)c(O)c1. The van der Waals surface area contributed by atoms with Gasteiger partial charge in [0.25, 0.3) is 0 Å². The van der Waals surface area contributed by atoms with Gasteiger partial charge in [-0.15, -0.1) is 0 Å². The highest BCUT2D eigenvalue weighted by Gasteiger charge is 2.27. The van der Waals surface area contributed by atoms with Gasteiger partial charge in [-0.05, 0) is 55.8 Å². The fraction of sp³-hybridized carbons (Fsp3) is 0.368. The molecule has 144 valence electrons. The van der Waals surface area contributed by atoms with E-state index in [1.54, 1.807) is 12.4 Å². The molecule has 1 aromatic carbocycles. The first-order valence-corrected chi connectivity index (χ1v) is 10.7. The van der Waals surface area contributed by atoms with Gasteiger partial charge in [-0.2, -0.15) is 0 Å². The van der Waals surface area contributed by atoms with Crippen molar-refractivity contribution in [1.82, 2.24) is 9.88 Å². The Morgan fingerprint density at radius 3 is 2.48 bits per heavy atom. The van der Waals surface area contributed by atoms with Crippen LogP contribution in [0, 0.1) is 5.92 Å². The van der Waals surface area contributed by atoms with Crippen LogP contribution in [0.2, 0.25) is 0 Å². The number of nitrogens with one attached hydrogen (secondary N) is 1. The minimum atomic E-state index is -3.43. The van der Waals surface area contributed by atoms with Gasteiger partial charge in [-0.1, -0.05) is 0 Å². The molecule has 27 heavy (non-hydrogen) atoms. The lowest BCUT2D eigenvalue weighted by molar-refractivity contribution is 0.0832. The number of nitrogens with zero attached hydrogens (tertiary/aromatic N) is 2. The first-order chi connectivity index (χ1) is 12.8. The van der Waals surface area contributed by atoms with Crippen LogP contribution in [-0.2, 0) is 16.6 Å². The number of carbonyl (C=O) groups is 1. The van der Waals surface area contributed by atoms with Crippen LogP contribution >= 0.6 is 0 Å². The lowest BCUT2D eigenvalue weighted by Gasteiger charge is -2.31. The number of piperidine rings is 1. The second kappa shape index (κ2) is 8.06. The molecule has 0 bridgehead atoms. The Balaban J connectivity index is 1.60. The largest absolute Gasteiger partial charge is 0.507 e. The zero-order valence-electron chi connectivity index (χ0n) is 15.1. The van der Waals surface area contributed by atoms with Crippen molar-refractivity contribution in [2.24, 2.45) is 5.92 Å². The molecule has 0 atom stereocenters. The molecule has 1 fully saturated rings. The number of phenolic OH excluding ortho intramolecular Hbond substituents is 1. The summed E-state index contributed by atoms with van der Waals surface area (Å²) < 4.78 is 24.8. The van der Waals surface area contributed by atoms with E-state index in [9.17, 15) is 18.3 Å². The highest BCUT2D eigenvalue weighted by Crippen LogP contribution is 2.29. The van der Waals surface area contributed by atoms with Gasteiger partial charge in [0.1, 0.15) is 5.75 Å². The number of pyridine rings is 1. The Hall–Kier alpha value is -2.45. The molecule has 2 N–H and O–H groups in total. The second-order valence-corrected chi connectivity index (χ2v) is 8.62. The summed E-state index contributed by atoms with van der Waals surface area (Å²) in [4.78, 5) is 19.1. The average molecular weight is 389 g/mol. The Kier molecular flexibility index (Phi) is 5.76. The minimum Gasteiger partial charge on any atom is -0.507 e. The van der Waals surface area contributed by atoms with E-state index >= 15 is 0 Å². The summed E-state index contributed by atoms with van der Waals surface area (Å²) in [6.45, 7) is 2.46. The van der Waals surface area contributed by atoms with Gasteiger partial charge >= 0.3 is 0 Å². The maximum Gasteiger partial charge on any atom is 0.229 e. The molecule has 0 aliphatic carbocycles. The number of aromatic nitrogens is 1. The van der Waals surface area contributed by atoms with E-state index in [1.165, 1.54) is 23.8 Å². The molecule has 8 heteroatoms. The van der Waals surface area contributed by atoms with Crippen LogP contribution in [0.25, 0.3) is 0 Å². The van der Waals surface area contributed by atoms with E-state index in [0.717, 1.165) is 38.7 Å². The summed E-state index contributed by atoms with van der Waals surface area (Å²) in [5.41, 5.74) is 1.67. The van der Waals surface area contributed by atoms with Crippen LogP contribution in [-0.4, -0.2) is 48.5 Å². The lowest BCUT2D eigenvalue weighted by atomic mass is 9.88. The van der Waals surface area contributed by atoms with Crippen molar-refractivity contribution in [3.63, 3.8) is 0 Å². The molecule has 1 aliphatic heterocycles. The van der Waals surface area contributed by atoms with Gasteiger partial charge in [0.05, 0.1) is 17.5 Å². The fourth-order valence-corrected chi connectivity index (χ4v) is 3.89. The number of hydrogen-bond donors (Lipinski definition) is 2. The van der Waals surface area contributed by atoms with E-state index in [-0.39, 0.29) is 28.7 Å². The molecule has 1 aliphatic rings. The molecule has 2 aromatic rings. The van der Waals surface area contributed by atoms with Gasteiger partial charge in [-0.3, -0.25) is 19.4 Å². The highest BCUT2D eigenvalue weighted by molar-refractivity contribution is 7.92. The van der Waals surface area contributed by atoms with Gasteiger partial charge in [-0.25, -0.2) is 8.42 Å². The van der Waals surface area contributed by atoms with Crippen molar-refractivity contribution in [2.45, 2.75) is 19.4 Å². The molecule has 0 unspecified atom stereocenters. The monoisotopic (exact) mass is 389 g/mol. The van der Waals surface area contributed by atoms with Crippen LogP contribution in [0.5, 0.6) is 5.75 Å². The third-order valence-corrected chi connectivity index (χ3v) is 5.29. The maximum atomic E-state index is 12.8. The predicted octanol–water partition coefficient (Wildman–Crippen LogP) is 2.25. The van der Waals surface area contributed by atoms with E-state index in [4.69, 9.17) is 0 Å². The summed E-state index contributed by atoms with van der Waals surface area (Å²) in [5.74, 6) is -0.437. The summed E-state index contributed by atoms with van der Waals surface area (Å²) in [6, 6.07) is 8.22. The molecule has 0 radical (unpaired) electrons. The number of benzene rings is 1. The minimum absolute atomic E-state index is 0.0954. The van der Waals surface area contributed by atoms with E-state index in [1.807, 2.05) is 12.1 Å². The smallest absolute Gasteiger partial charge is 0.229 e. The molecule has 1 saturated heterocycles. The average Bonchev–Trinajstić information content (AvgIpc) is 2.61. The Labute approximate surface area is 159 Å². The van der Waals surface area contributed by atoms with Gasteiger partial charge < -0.3 is 5.11 Å². The zero-order chi connectivity index (χ0) is 19.4. The number of carbonyl (C=O) groups excluding carboxylic acids is 1. The third-order valence-electron chi connectivity index (χ3n) is 4.68. The van der Waals surface area contributed by atoms with Crippen LogP contribution in [0.1, 0.15) is 28.8 Å². The summed E-state index contributed by atoms with van der Waals surface area (Å²) in [7, 11) is -3.43.